The Morgan fingerprint density at radius 2 is 1.70 bits per heavy atom. The van der Waals surface area contributed by atoms with Crippen molar-refractivity contribution >= 4 is 29.8 Å². The van der Waals surface area contributed by atoms with Gasteiger partial charge in [-0.15, -0.1) is 11.8 Å². The zero-order valence-electron chi connectivity index (χ0n) is 18.7. The summed E-state index contributed by atoms with van der Waals surface area (Å²) in [6.07, 6.45) is 1.57. The van der Waals surface area contributed by atoms with Gasteiger partial charge in [-0.05, 0) is 61.4 Å². The van der Waals surface area contributed by atoms with Crippen LogP contribution in [0.5, 0.6) is 5.75 Å². The molecule has 0 radical (unpaired) electrons. The molecule has 6 nitrogen and oxygen atoms in total. The van der Waals surface area contributed by atoms with Crippen LogP contribution in [0.4, 0.5) is 0 Å². The minimum Gasteiger partial charge on any atom is -0.484 e. The number of hydrogen-bond acceptors (Lipinski definition) is 5. The number of hydrogen-bond donors (Lipinski definition) is 2. The molecular formula is C26H27N3O3S. The molecule has 33 heavy (non-hydrogen) atoms. The Bertz CT molecular complexity index is 1070. The molecule has 0 spiro atoms. The molecule has 1 atom stereocenters. The van der Waals surface area contributed by atoms with Gasteiger partial charge in [-0.3, -0.25) is 9.59 Å². The summed E-state index contributed by atoms with van der Waals surface area (Å²) in [5.41, 5.74) is 5.59. The molecule has 0 aliphatic heterocycles. The van der Waals surface area contributed by atoms with Crippen LogP contribution in [0.25, 0.3) is 0 Å². The monoisotopic (exact) mass is 461 g/mol. The molecule has 0 heterocycles. The Morgan fingerprint density at radius 1 is 1.00 bits per heavy atom. The van der Waals surface area contributed by atoms with E-state index in [1.807, 2.05) is 68.4 Å². The average Bonchev–Trinajstić information content (AvgIpc) is 2.84. The summed E-state index contributed by atoms with van der Waals surface area (Å²) in [6, 6.07) is 24.9. The maximum Gasteiger partial charge on any atom is 0.258 e. The molecule has 2 amide bonds. The summed E-state index contributed by atoms with van der Waals surface area (Å²) < 4.78 is 5.52. The summed E-state index contributed by atoms with van der Waals surface area (Å²) in [6.45, 7) is 4.28. The smallest absolute Gasteiger partial charge is 0.258 e. The molecule has 2 N–H and O–H groups in total. The third kappa shape index (κ3) is 8.46. The molecule has 3 aromatic carbocycles. The molecule has 0 saturated carbocycles. The Kier molecular flexibility index (Phi) is 9.08. The van der Waals surface area contributed by atoms with Crippen molar-refractivity contribution < 1.29 is 14.3 Å². The second-order valence-electron chi connectivity index (χ2n) is 7.43. The lowest BCUT2D eigenvalue weighted by Gasteiger charge is -2.09. The molecule has 3 aromatic rings. The van der Waals surface area contributed by atoms with Gasteiger partial charge in [0.25, 0.3) is 11.8 Å². The lowest BCUT2D eigenvalue weighted by Crippen LogP contribution is -2.28. The van der Waals surface area contributed by atoms with Crippen LogP contribution in [0.2, 0.25) is 0 Å². The van der Waals surface area contributed by atoms with Crippen molar-refractivity contribution in [3.8, 4) is 5.75 Å². The molecule has 3 rings (SSSR count). The van der Waals surface area contributed by atoms with E-state index >= 15 is 0 Å². The van der Waals surface area contributed by atoms with Crippen molar-refractivity contribution in [1.82, 2.24) is 10.7 Å². The number of rotatable bonds is 10. The molecule has 0 unspecified atom stereocenters. The molecule has 0 aliphatic carbocycles. The van der Waals surface area contributed by atoms with Gasteiger partial charge in [-0.1, -0.05) is 48.0 Å². The number of nitrogens with one attached hydrogen (secondary N) is 2. The van der Waals surface area contributed by atoms with E-state index in [-0.39, 0.29) is 23.7 Å². The van der Waals surface area contributed by atoms with Crippen molar-refractivity contribution in [3.63, 3.8) is 0 Å². The standard InChI is InChI=1S/C26H27N3O3S/c1-19-8-14-24(15-9-19)33-20(2)26(31)29-28-17-22-10-12-23(13-11-22)32-18-25(30)27-16-21-6-4-3-5-7-21/h3-15,17,20H,16,18H2,1-2H3,(H,27,30)(H,29,31)/b28-17-/t20-/m0/s1. The molecule has 0 saturated heterocycles. The molecule has 170 valence electrons. The van der Waals surface area contributed by atoms with E-state index in [0.29, 0.717) is 12.3 Å². The van der Waals surface area contributed by atoms with Crippen LogP contribution in [0.3, 0.4) is 0 Å². The highest BCUT2D eigenvalue weighted by atomic mass is 32.2. The highest BCUT2D eigenvalue weighted by molar-refractivity contribution is 8.00. The van der Waals surface area contributed by atoms with Gasteiger partial charge in [0.1, 0.15) is 5.75 Å². The predicted octanol–water partition coefficient (Wildman–Crippen LogP) is 4.32. The van der Waals surface area contributed by atoms with Crippen molar-refractivity contribution in [2.24, 2.45) is 5.10 Å². The fourth-order valence-electron chi connectivity index (χ4n) is 2.78. The van der Waals surface area contributed by atoms with Crippen LogP contribution in [0.1, 0.15) is 23.6 Å². The van der Waals surface area contributed by atoms with Crippen molar-refractivity contribution in [3.05, 3.63) is 95.6 Å². The van der Waals surface area contributed by atoms with E-state index in [0.717, 1.165) is 16.0 Å². The molecule has 0 bridgehead atoms. The summed E-state index contributed by atoms with van der Waals surface area (Å²) in [4.78, 5) is 25.2. The number of benzene rings is 3. The second kappa shape index (κ2) is 12.5. The van der Waals surface area contributed by atoms with E-state index in [1.54, 1.807) is 30.5 Å². The van der Waals surface area contributed by atoms with Crippen LogP contribution in [-0.4, -0.2) is 29.9 Å². The Hall–Kier alpha value is -3.58. The van der Waals surface area contributed by atoms with Crippen LogP contribution in [-0.2, 0) is 16.1 Å². The van der Waals surface area contributed by atoms with Gasteiger partial charge in [-0.2, -0.15) is 5.10 Å². The van der Waals surface area contributed by atoms with Gasteiger partial charge in [0.2, 0.25) is 0 Å². The number of amides is 2. The Labute approximate surface area is 198 Å². The van der Waals surface area contributed by atoms with Crippen LogP contribution >= 0.6 is 11.8 Å². The molecular weight excluding hydrogens is 434 g/mol. The zero-order chi connectivity index (χ0) is 23.5. The molecule has 0 fully saturated rings. The van der Waals surface area contributed by atoms with Gasteiger partial charge in [0, 0.05) is 11.4 Å². The minimum atomic E-state index is -0.270. The number of hydrazone groups is 1. The first-order valence-electron chi connectivity index (χ1n) is 10.6. The maximum atomic E-state index is 12.2. The Morgan fingerprint density at radius 3 is 2.39 bits per heavy atom. The zero-order valence-corrected chi connectivity index (χ0v) is 19.5. The van der Waals surface area contributed by atoms with Crippen LogP contribution in [0, 0.1) is 6.92 Å². The fraction of sp³-hybridized carbons (Fsp3) is 0.192. The minimum absolute atomic E-state index is 0.0626. The lowest BCUT2D eigenvalue weighted by molar-refractivity contribution is -0.123. The first-order chi connectivity index (χ1) is 16.0. The number of aryl methyl sites for hydroxylation is 1. The quantitative estimate of drug-likeness (QED) is 0.268. The normalized spacial score (nSPS) is 11.7. The van der Waals surface area contributed by atoms with E-state index in [4.69, 9.17) is 4.74 Å². The van der Waals surface area contributed by atoms with Crippen molar-refractivity contribution in [2.75, 3.05) is 6.61 Å². The number of nitrogens with zero attached hydrogens (tertiary/aromatic N) is 1. The van der Waals surface area contributed by atoms with Crippen LogP contribution in [0.15, 0.2) is 88.9 Å². The molecule has 7 heteroatoms. The SMILES string of the molecule is Cc1ccc(S[C@@H](C)C(=O)N/N=C\c2ccc(OCC(=O)NCc3ccccc3)cc2)cc1. The number of ether oxygens (including phenoxy) is 1. The van der Waals surface area contributed by atoms with Crippen molar-refractivity contribution in [1.29, 1.82) is 0 Å². The number of thioether (sulfide) groups is 1. The fourth-order valence-corrected chi connectivity index (χ4v) is 3.64. The maximum absolute atomic E-state index is 12.2. The number of carbonyl (C=O) groups excluding carboxylic acids is 2. The van der Waals surface area contributed by atoms with Gasteiger partial charge in [-0.25, -0.2) is 5.43 Å². The predicted molar refractivity (Wildman–Crippen MR) is 132 cm³/mol. The van der Waals surface area contributed by atoms with E-state index < -0.39 is 0 Å². The first-order valence-corrected chi connectivity index (χ1v) is 11.5. The highest BCUT2D eigenvalue weighted by Gasteiger charge is 2.13. The largest absolute Gasteiger partial charge is 0.484 e. The number of carbonyl (C=O) groups is 2. The lowest BCUT2D eigenvalue weighted by atomic mass is 10.2. The third-order valence-corrected chi connectivity index (χ3v) is 5.79. The summed E-state index contributed by atoms with van der Waals surface area (Å²) in [7, 11) is 0. The van der Waals surface area contributed by atoms with E-state index in [1.165, 1.54) is 17.3 Å². The summed E-state index contributed by atoms with van der Waals surface area (Å²) >= 11 is 1.48. The second-order valence-corrected chi connectivity index (χ2v) is 8.84. The van der Waals surface area contributed by atoms with Crippen molar-refractivity contribution in [2.45, 2.75) is 30.5 Å². The summed E-state index contributed by atoms with van der Waals surface area (Å²) in [5.74, 6) is 0.220. The van der Waals surface area contributed by atoms with Gasteiger partial charge in [0.05, 0.1) is 11.5 Å². The van der Waals surface area contributed by atoms with Gasteiger partial charge < -0.3 is 10.1 Å². The van der Waals surface area contributed by atoms with E-state index in [2.05, 4.69) is 15.8 Å². The van der Waals surface area contributed by atoms with Gasteiger partial charge >= 0.3 is 0 Å². The molecule has 0 aliphatic rings. The highest BCUT2D eigenvalue weighted by Crippen LogP contribution is 2.23. The third-order valence-electron chi connectivity index (χ3n) is 4.67. The first kappa shape index (κ1) is 24.1. The van der Waals surface area contributed by atoms with E-state index in [9.17, 15) is 9.59 Å². The Balaban J connectivity index is 1.38. The van der Waals surface area contributed by atoms with Gasteiger partial charge in [0.15, 0.2) is 6.61 Å². The van der Waals surface area contributed by atoms with Crippen LogP contribution < -0.4 is 15.5 Å². The summed E-state index contributed by atoms with van der Waals surface area (Å²) in [5, 5.41) is 6.58. The average molecular weight is 462 g/mol. The molecule has 0 aromatic heterocycles. The topological polar surface area (TPSA) is 79.8 Å².